The van der Waals surface area contributed by atoms with Crippen molar-refractivity contribution in [1.29, 1.82) is 0 Å². The van der Waals surface area contributed by atoms with Gasteiger partial charge in [0.05, 0.1) is 5.02 Å². The van der Waals surface area contributed by atoms with Crippen molar-refractivity contribution in [3.63, 3.8) is 0 Å². The van der Waals surface area contributed by atoms with Crippen LogP contribution >= 0.6 is 11.6 Å². The molecule has 0 atom stereocenters. The molecule has 0 saturated heterocycles. The summed E-state index contributed by atoms with van der Waals surface area (Å²) in [6, 6.07) is 4.57. The fraction of sp³-hybridized carbons (Fsp3) is 0.0909. The van der Waals surface area contributed by atoms with Crippen molar-refractivity contribution in [3.8, 4) is 22.8 Å². The number of carboxylic acids is 1. The van der Waals surface area contributed by atoms with E-state index in [1.54, 1.807) is 12.1 Å². The SMILES string of the molecule is O=C(O)c1cc(-c2cc(Cl)c3c(c2)OCO3)on1. The number of halogens is 1. The molecule has 0 radical (unpaired) electrons. The molecular formula is C11H6ClNO5. The molecular weight excluding hydrogens is 262 g/mol. The standard InChI is InChI=1S/C11H6ClNO5/c12-6-1-5(2-9-10(6)17-4-16-9)8-3-7(11(14)15)13-18-8/h1-3H,4H2,(H,14,15). The van der Waals surface area contributed by atoms with Gasteiger partial charge in [-0.2, -0.15) is 0 Å². The molecule has 0 aliphatic carbocycles. The van der Waals surface area contributed by atoms with Crippen LogP contribution in [0.2, 0.25) is 5.02 Å². The monoisotopic (exact) mass is 267 g/mol. The van der Waals surface area contributed by atoms with Gasteiger partial charge in [0.25, 0.3) is 0 Å². The van der Waals surface area contributed by atoms with Crippen LogP contribution in [0.5, 0.6) is 11.5 Å². The Hall–Kier alpha value is -2.21. The van der Waals surface area contributed by atoms with Gasteiger partial charge in [0, 0.05) is 11.6 Å². The summed E-state index contributed by atoms with van der Waals surface area (Å²) in [7, 11) is 0. The van der Waals surface area contributed by atoms with Crippen molar-refractivity contribution >= 4 is 17.6 Å². The van der Waals surface area contributed by atoms with Crippen LogP contribution in [0.4, 0.5) is 0 Å². The summed E-state index contributed by atoms with van der Waals surface area (Å²) in [6.07, 6.45) is 0. The molecule has 6 nitrogen and oxygen atoms in total. The second kappa shape index (κ2) is 3.92. The molecule has 0 bridgehead atoms. The molecule has 1 aromatic heterocycles. The summed E-state index contributed by atoms with van der Waals surface area (Å²) < 4.78 is 15.3. The van der Waals surface area contributed by atoms with Gasteiger partial charge in [-0.15, -0.1) is 0 Å². The van der Waals surface area contributed by atoms with Crippen LogP contribution in [0.3, 0.4) is 0 Å². The number of fused-ring (bicyclic) bond motifs is 1. The van der Waals surface area contributed by atoms with Crippen LogP contribution in [-0.4, -0.2) is 23.0 Å². The summed E-state index contributed by atoms with van der Waals surface area (Å²) in [5, 5.41) is 12.6. The molecule has 18 heavy (non-hydrogen) atoms. The van der Waals surface area contributed by atoms with Gasteiger partial charge in [-0.1, -0.05) is 16.8 Å². The summed E-state index contributed by atoms with van der Waals surface area (Å²) in [4.78, 5) is 10.7. The topological polar surface area (TPSA) is 81.8 Å². The Morgan fingerprint density at radius 1 is 1.33 bits per heavy atom. The van der Waals surface area contributed by atoms with Gasteiger partial charge in [0.1, 0.15) is 0 Å². The van der Waals surface area contributed by atoms with Crippen molar-refractivity contribution in [3.05, 3.63) is 28.9 Å². The molecule has 3 rings (SSSR count). The Morgan fingerprint density at radius 3 is 2.89 bits per heavy atom. The number of benzene rings is 1. The van der Waals surface area contributed by atoms with Crippen LogP contribution < -0.4 is 9.47 Å². The van der Waals surface area contributed by atoms with E-state index in [1.807, 2.05) is 0 Å². The lowest BCUT2D eigenvalue weighted by Crippen LogP contribution is -1.94. The van der Waals surface area contributed by atoms with E-state index in [2.05, 4.69) is 5.16 Å². The lowest BCUT2D eigenvalue weighted by Gasteiger charge is -2.01. The van der Waals surface area contributed by atoms with Gasteiger partial charge in [-0.3, -0.25) is 0 Å². The minimum Gasteiger partial charge on any atom is -0.476 e. The van der Waals surface area contributed by atoms with Gasteiger partial charge in [-0.05, 0) is 12.1 Å². The molecule has 0 saturated carbocycles. The van der Waals surface area contributed by atoms with E-state index in [-0.39, 0.29) is 12.5 Å². The van der Waals surface area contributed by atoms with Crippen LogP contribution in [0.25, 0.3) is 11.3 Å². The smallest absolute Gasteiger partial charge is 0.358 e. The van der Waals surface area contributed by atoms with Crippen molar-refractivity contribution < 1.29 is 23.9 Å². The highest BCUT2D eigenvalue weighted by Gasteiger charge is 2.21. The summed E-state index contributed by atoms with van der Waals surface area (Å²) in [5.74, 6) is 0.105. The molecule has 2 heterocycles. The number of nitrogens with zero attached hydrogens (tertiary/aromatic N) is 1. The van der Waals surface area contributed by atoms with Gasteiger partial charge >= 0.3 is 5.97 Å². The van der Waals surface area contributed by atoms with E-state index in [9.17, 15) is 4.79 Å². The number of rotatable bonds is 2. The average Bonchev–Trinajstić information content (AvgIpc) is 2.97. The maximum atomic E-state index is 10.7. The fourth-order valence-electron chi connectivity index (χ4n) is 1.62. The zero-order valence-electron chi connectivity index (χ0n) is 8.84. The van der Waals surface area contributed by atoms with Gasteiger partial charge in [-0.25, -0.2) is 4.79 Å². The number of hydrogen-bond acceptors (Lipinski definition) is 5. The first-order valence-corrected chi connectivity index (χ1v) is 5.32. The molecule has 92 valence electrons. The summed E-state index contributed by atoms with van der Waals surface area (Å²) in [6.45, 7) is 0.106. The summed E-state index contributed by atoms with van der Waals surface area (Å²) in [5.41, 5.74) is 0.406. The third kappa shape index (κ3) is 1.67. The number of hydrogen-bond donors (Lipinski definition) is 1. The fourth-order valence-corrected chi connectivity index (χ4v) is 1.89. The second-order valence-corrected chi connectivity index (χ2v) is 3.98. The minimum atomic E-state index is -1.16. The number of ether oxygens (including phenoxy) is 2. The molecule has 1 aliphatic rings. The van der Waals surface area contributed by atoms with Gasteiger partial charge < -0.3 is 19.1 Å². The zero-order valence-corrected chi connectivity index (χ0v) is 9.60. The first-order valence-electron chi connectivity index (χ1n) is 4.94. The zero-order chi connectivity index (χ0) is 12.7. The third-order valence-electron chi connectivity index (χ3n) is 2.44. The van der Waals surface area contributed by atoms with Crippen LogP contribution in [0.1, 0.15) is 10.5 Å². The molecule has 7 heteroatoms. The molecule has 0 amide bonds. The second-order valence-electron chi connectivity index (χ2n) is 3.57. The van der Waals surface area contributed by atoms with Crippen LogP contribution in [0.15, 0.2) is 22.7 Å². The highest BCUT2D eigenvalue weighted by molar-refractivity contribution is 6.32. The number of aromatic carboxylic acids is 1. The van der Waals surface area contributed by atoms with Crippen molar-refractivity contribution in [2.24, 2.45) is 0 Å². The largest absolute Gasteiger partial charge is 0.476 e. The predicted molar refractivity (Wildman–Crippen MR) is 60.0 cm³/mol. The lowest BCUT2D eigenvalue weighted by molar-refractivity contribution is 0.0686. The Kier molecular flexibility index (Phi) is 2.38. The van der Waals surface area contributed by atoms with Crippen LogP contribution in [0, 0.1) is 0 Å². The Labute approximate surface area is 106 Å². The molecule has 1 aromatic carbocycles. The van der Waals surface area contributed by atoms with E-state index in [0.717, 1.165) is 0 Å². The molecule has 1 aliphatic heterocycles. The number of aromatic nitrogens is 1. The third-order valence-corrected chi connectivity index (χ3v) is 2.72. The van der Waals surface area contributed by atoms with Crippen molar-refractivity contribution in [2.75, 3.05) is 6.79 Å². The quantitative estimate of drug-likeness (QED) is 0.900. The Bertz CT molecular complexity index is 636. The maximum absolute atomic E-state index is 10.7. The van der Waals surface area contributed by atoms with E-state index >= 15 is 0 Å². The van der Waals surface area contributed by atoms with Gasteiger partial charge in [0.2, 0.25) is 6.79 Å². The molecule has 1 N–H and O–H groups in total. The van der Waals surface area contributed by atoms with E-state index in [4.69, 9.17) is 30.7 Å². The summed E-state index contributed by atoms with van der Waals surface area (Å²) >= 11 is 6.01. The van der Waals surface area contributed by atoms with Crippen molar-refractivity contribution in [1.82, 2.24) is 5.16 Å². The van der Waals surface area contributed by atoms with Gasteiger partial charge in [0.15, 0.2) is 23.0 Å². The predicted octanol–water partition coefficient (Wildman–Crippen LogP) is 2.42. The highest BCUT2D eigenvalue weighted by atomic mass is 35.5. The highest BCUT2D eigenvalue weighted by Crippen LogP contribution is 2.42. The first kappa shape index (κ1) is 10.9. The lowest BCUT2D eigenvalue weighted by atomic mass is 10.1. The molecule has 0 unspecified atom stereocenters. The first-order chi connectivity index (χ1) is 8.65. The maximum Gasteiger partial charge on any atom is 0.358 e. The number of carboxylic acid groups (broad SMARTS) is 1. The normalized spacial score (nSPS) is 12.7. The molecule has 0 spiro atoms. The van der Waals surface area contributed by atoms with E-state index in [1.165, 1.54) is 6.07 Å². The van der Waals surface area contributed by atoms with Crippen LogP contribution in [-0.2, 0) is 0 Å². The molecule has 0 fully saturated rings. The van der Waals surface area contributed by atoms with E-state index in [0.29, 0.717) is 27.8 Å². The number of carbonyl (C=O) groups is 1. The average molecular weight is 268 g/mol. The van der Waals surface area contributed by atoms with Crippen molar-refractivity contribution in [2.45, 2.75) is 0 Å². The Balaban J connectivity index is 2.06. The minimum absolute atomic E-state index is 0.106. The Morgan fingerprint density at radius 2 is 2.17 bits per heavy atom. The molecule has 2 aromatic rings. The van der Waals surface area contributed by atoms with E-state index < -0.39 is 5.97 Å².